The SMILES string of the molecule is CNC(Cc1ccc(F)cc1Cl)c1cnc(C(F)(F)F)s1. The van der Waals surface area contributed by atoms with Gasteiger partial charge in [-0.15, -0.1) is 11.3 Å². The summed E-state index contributed by atoms with van der Waals surface area (Å²) in [7, 11) is 1.63. The minimum absolute atomic E-state index is 0.246. The highest BCUT2D eigenvalue weighted by Gasteiger charge is 2.35. The molecule has 0 aliphatic heterocycles. The molecule has 8 heteroatoms. The minimum atomic E-state index is -4.45. The number of rotatable bonds is 4. The molecule has 1 heterocycles. The Morgan fingerprint density at radius 1 is 1.38 bits per heavy atom. The summed E-state index contributed by atoms with van der Waals surface area (Å²) in [6, 6.07) is 3.59. The zero-order chi connectivity index (χ0) is 15.6. The summed E-state index contributed by atoms with van der Waals surface area (Å²) in [6.07, 6.45) is -2.91. The molecule has 0 aliphatic carbocycles. The second kappa shape index (κ2) is 6.29. The topological polar surface area (TPSA) is 24.9 Å². The predicted octanol–water partition coefficient (Wildman–Crippen LogP) is 4.46. The lowest BCUT2D eigenvalue weighted by atomic mass is 10.1. The first-order valence-electron chi connectivity index (χ1n) is 5.95. The average molecular weight is 339 g/mol. The van der Waals surface area contributed by atoms with Crippen LogP contribution in [0, 0.1) is 5.82 Å². The van der Waals surface area contributed by atoms with E-state index >= 15 is 0 Å². The van der Waals surface area contributed by atoms with E-state index in [1.807, 2.05) is 0 Å². The van der Waals surface area contributed by atoms with Crippen molar-refractivity contribution < 1.29 is 17.6 Å². The van der Waals surface area contributed by atoms with Gasteiger partial charge in [0.1, 0.15) is 5.82 Å². The Morgan fingerprint density at radius 3 is 2.62 bits per heavy atom. The minimum Gasteiger partial charge on any atom is -0.312 e. The van der Waals surface area contributed by atoms with Crippen LogP contribution < -0.4 is 5.32 Å². The van der Waals surface area contributed by atoms with Gasteiger partial charge in [0.05, 0.1) is 0 Å². The fourth-order valence-electron chi connectivity index (χ4n) is 1.83. The van der Waals surface area contributed by atoms with Gasteiger partial charge in [-0.3, -0.25) is 0 Å². The molecular weight excluding hydrogens is 328 g/mol. The number of aromatic nitrogens is 1. The third kappa shape index (κ3) is 3.93. The van der Waals surface area contributed by atoms with Gasteiger partial charge in [0.15, 0.2) is 5.01 Å². The molecule has 2 rings (SSSR count). The van der Waals surface area contributed by atoms with Crippen molar-refractivity contribution in [3.05, 3.63) is 50.7 Å². The fourth-order valence-corrected chi connectivity index (χ4v) is 2.97. The van der Waals surface area contributed by atoms with Crippen molar-refractivity contribution in [2.75, 3.05) is 7.05 Å². The van der Waals surface area contributed by atoms with Gasteiger partial charge in [-0.05, 0) is 31.2 Å². The predicted molar refractivity (Wildman–Crippen MR) is 74.0 cm³/mol. The number of nitrogens with one attached hydrogen (secondary N) is 1. The van der Waals surface area contributed by atoms with E-state index < -0.39 is 17.0 Å². The first-order chi connectivity index (χ1) is 9.81. The molecule has 0 spiro atoms. The molecule has 0 fully saturated rings. The van der Waals surface area contributed by atoms with E-state index in [0.29, 0.717) is 28.2 Å². The highest BCUT2D eigenvalue weighted by atomic mass is 35.5. The van der Waals surface area contributed by atoms with Gasteiger partial charge >= 0.3 is 6.18 Å². The van der Waals surface area contributed by atoms with Crippen LogP contribution in [0.15, 0.2) is 24.4 Å². The molecule has 0 radical (unpaired) electrons. The zero-order valence-corrected chi connectivity index (χ0v) is 12.4. The third-order valence-corrected chi connectivity index (χ3v) is 4.40. The Morgan fingerprint density at radius 2 is 2.10 bits per heavy atom. The highest BCUT2D eigenvalue weighted by molar-refractivity contribution is 7.11. The second-order valence-corrected chi connectivity index (χ2v) is 5.82. The van der Waals surface area contributed by atoms with Gasteiger partial charge in [0.25, 0.3) is 0 Å². The van der Waals surface area contributed by atoms with Crippen molar-refractivity contribution in [1.29, 1.82) is 0 Å². The summed E-state index contributed by atoms with van der Waals surface area (Å²) in [4.78, 5) is 3.84. The smallest absolute Gasteiger partial charge is 0.312 e. The van der Waals surface area contributed by atoms with Crippen LogP contribution in [-0.4, -0.2) is 12.0 Å². The summed E-state index contributed by atoms with van der Waals surface area (Å²) in [5.41, 5.74) is 0.652. The normalized spacial score (nSPS) is 13.4. The van der Waals surface area contributed by atoms with E-state index in [9.17, 15) is 17.6 Å². The first kappa shape index (κ1) is 16.2. The Kier molecular flexibility index (Phi) is 4.85. The van der Waals surface area contributed by atoms with Gasteiger partial charge in [0.2, 0.25) is 0 Å². The van der Waals surface area contributed by atoms with Crippen LogP contribution in [0.1, 0.15) is 21.5 Å². The van der Waals surface area contributed by atoms with Crippen molar-refractivity contribution in [2.24, 2.45) is 0 Å². The quantitative estimate of drug-likeness (QED) is 0.833. The van der Waals surface area contributed by atoms with Crippen LogP contribution in [0.2, 0.25) is 5.02 Å². The average Bonchev–Trinajstić information content (AvgIpc) is 2.87. The number of hydrogen-bond acceptors (Lipinski definition) is 3. The van der Waals surface area contributed by atoms with Gasteiger partial charge in [0, 0.05) is 22.1 Å². The summed E-state index contributed by atoms with van der Waals surface area (Å²) in [5.74, 6) is -0.457. The largest absolute Gasteiger partial charge is 0.443 e. The van der Waals surface area contributed by atoms with E-state index in [2.05, 4.69) is 10.3 Å². The van der Waals surface area contributed by atoms with Crippen molar-refractivity contribution in [2.45, 2.75) is 18.6 Å². The highest BCUT2D eigenvalue weighted by Crippen LogP contribution is 2.35. The summed E-state index contributed by atoms with van der Waals surface area (Å²) in [6.45, 7) is 0. The van der Waals surface area contributed by atoms with Gasteiger partial charge in [-0.2, -0.15) is 13.2 Å². The van der Waals surface area contributed by atoms with Gasteiger partial charge < -0.3 is 5.32 Å². The Bertz CT molecular complexity index is 627. The van der Waals surface area contributed by atoms with Crippen LogP contribution in [0.25, 0.3) is 0 Å². The zero-order valence-electron chi connectivity index (χ0n) is 10.8. The molecule has 1 N–H and O–H groups in total. The van der Waals surface area contributed by atoms with E-state index in [1.54, 1.807) is 7.05 Å². The number of thiazole rings is 1. The molecule has 0 amide bonds. The molecule has 1 aromatic carbocycles. The van der Waals surface area contributed by atoms with E-state index in [0.717, 1.165) is 0 Å². The van der Waals surface area contributed by atoms with Crippen molar-refractivity contribution in [3.8, 4) is 0 Å². The van der Waals surface area contributed by atoms with Crippen molar-refractivity contribution >= 4 is 22.9 Å². The molecule has 0 bridgehead atoms. The Labute approximate surface area is 127 Å². The molecule has 1 atom stereocenters. The van der Waals surface area contributed by atoms with Crippen LogP contribution in [0.4, 0.5) is 17.6 Å². The van der Waals surface area contributed by atoms with Crippen molar-refractivity contribution in [3.63, 3.8) is 0 Å². The Hall–Kier alpha value is -1.18. The number of benzene rings is 1. The van der Waals surface area contributed by atoms with Gasteiger partial charge in [-0.1, -0.05) is 17.7 Å². The monoisotopic (exact) mass is 338 g/mol. The molecule has 0 saturated carbocycles. The Balaban J connectivity index is 2.22. The molecule has 1 aromatic heterocycles. The van der Waals surface area contributed by atoms with Crippen LogP contribution in [0.5, 0.6) is 0 Å². The van der Waals surface area contributed by atoms with Crippen LogP contribution in [-0.2, 0) is 12.6 Å². The molecule has 0 aliphatic rings. The standard InChI is InChI=1S/C13H11ClF4N2S/c1-19-10(4-7-2-3-8(15)5-9(7)14)11-6-20-12(21-11)13(16,17)18/h2-3,5-6,10,19H,4H2,1H3. The van der Waals surface area contributed by atoms with Gasteiger partial charge in [-0.25, -0.2) is 9.37 Å². The lowest BCUT2D eigenvalue weighted by molar-refractivity contribution is -0.137. The summed E-state index contributed by atoms with van der Waals surface area (Å²) in [5, 5.41) is 2.28. The maximum absolute atomic E-state index is 13.0. The summed E-state index contributed by atoms with van der Waals surface area (Å²) >= 11 is 6.52. The lowest BCUT2D eigenvalue weighted by Gasteiger charge is -2.15. The third-order valence-electron chi connectivity index (χ3n) is 2.90. The number of nitrogens with zero attached hydrogens (tertiary/aromatic N) is 1. The molecule has 114 valence electrons. The molecule has 0 saturated heterocycles. The summed E-state index contributed by atoms with van der Waals surface area (Å²) < 4.78 is 50.7. The molecule has 2 aromatic rings. The number of hydrogen-bond donors (Lipinski definition) is 1. The molecule has 21 heavy (non-hydrogen) atoms. The number of halogens is 5. The van der Waals surface area contributed by atoms with E-state index in [4.69, 9.17) is 11.6 Å². The lowest BCUT2D eigenvalue weighted by Crippen LogP contribution is -2.18. The maximum atomic E-state index is 13.0. The molecule has 2 nitrogen and oxygen atoms in total. The number of alkyl halides is 3. The van der Waals surface area contributed by atoms with Crippen LogP contribution >= 0.6 is 22.9 Å². The van der Waals surface area contributed by atoms with E-state index in [-0.39, 0.29) is 11.1 Å². The molecular formula is C13H11ClF4N2S. The second-order valence-electron chi connectivity index (χ2n) is 4.35. The number of likely N-dealkylation sites (N-methyl/N-ethyl adjacent to an activating group) is 1. The molecule has 1 unspecified atom stereocenters. The maximum Gasteiger partial charge on any atom is 0.443 e. The van der Waals surface area contributed by atoms with Crippen molar-refractivity contribution in [1.82, 2.24) is 10.3 Å². The first-order valence-corrected chi connectivity index (χ1v) is 7.15. The van der Waals surface area contributed by atoms with Crippen LogP contribution in [0.3, 0.4) is 0 Å². The fraction of sp³-hybridized carbons (Fsp3) is 0.308. The van der Waals surface area contributed by atoms with E-state index in [1.165, 1.54) is 24.4 Å².